The Balaban J connectivity index is 2.89. The minimum Gasteiger partial charge on any atom is -0.343 e. The van der Waals surface area contributed by atoms with E-state index in [9.17, 15) is 0 Å². The Morgan fingerprint density at radius 2 is 2.00 bits per heavy atom. The lowest BCUT2D eigenvalue weighted by atomic mass is 10.1. The highest BCUT2D eigenvalue weighted by molar-refractivity contribution is 6.04. The number of hydrogen-bond acceptors (Lipinski definition) is 1. The Morgan fingerprint density at radius 3 is 2.50 bits per heavy atom. The van der Waals surface area contributed by atoms with E-state index in [4.69, 9.17) is 0 Å². The molecule has 0 fully saturated rings. The molecule has 0 aromatic rings. The van der Waals surface area contributed by atoms with Crippen molar-refractivity contribution in [1.29, 1.82) is 0 Å². The van der Waals surface area contributed by atoms with Gasteiger partial charge in [-0.15, -0.1) is 0 Å². The van der Waals surface area contributed by atoms with Crippen LogP contribution < -0.4 is 4.98 Å². The van der Waals surface area contributed by atoms with E-state index in [-0.39, 0.29) is 0 Å². The predicted molar refractivity (Wildman–Crippen MR) is 51.3 cm³/mol. The van der Waals surface area contributed by atoms with Gasteiger partial charge in [-0.05, 0) is 12.5 Å². The lowest BCUT2D eigenvalue weighted by Crippen LogP contribution is -2.22. The van der Waals surface area contributed by atoms with E-state index >= 15 is 0 Å². The molecule has 0 aliphatic heterocycles. The topological polar surface area (TPSA) is 12.0 Å². The van der Waals surface area contributed by atoms with Crippen LogP contribution in [-0.4, -0.2) is 16.4 Å². The molecule has 62 valence electrons. The van der Waals surface area contributed by atoms with Crippen molar-refractivity contribution < 1.29 is 0 Å². The van der Waals surface area contributed by atoms with Gasteiger partial charge in [-0.3, -0.25) is 0 Å². The Labute approximate surface area is 68.1 Å². The predicted octanol–water partition coefficient (Wildman–Crippen LogP) is 1.22. The van der Waals surface area contributed by atoms with Crippen molar-refractivity contribution in [2.75, 3.05) is 0 Å². The second kappa shape index (κ2) is 7.29. The first-order valence-electron chi connectivity index (χ1n) is 4.48. The summed E-state index contributed by atoms with van der Waals surface area (Å²) in [6, 6.07) is 0.767. The van der Waals surface area contributed by atoms with Gasteiger partial charge in [0.1, 0.15) is 0 Å². The maximum atomic E-state index is 3.38. The molecule has 1 atom stereocenters. The van der Waals surface area contributed by atoms with E-state index in [1.165, 1.54) is 32.1 Å². The van der Waals surface area contributed by atoms with Crippen molar-refractivity contribution in [3.8, 4) is 0 Å². The molecule has 0 rings (SSSR count). The van der Waals surface area contributed by atoms with Crippen LogP contribution in [0.25, 0.3) is 0 Å². The molecule has 1 N–H and O–H groups in total. The molecule has 1 nitrogen and oxygen atoms in total. The molecule has 0 aromatic heterocycles. The van der Waals surface area contributed by atoms with E-state index < -0.39 is 0 Å². The zero-order chi connectivity index (χ0) is 7.82. The lowest BCUT2D eigenvalue weighted by molar-refractivity contribution is 0.552. The average Bonchev–Trinajstić information content (AvgIpc) is 1.98. The van der Waals surface area contributed by atoms with Gasteiger partial charge in [0, 0.05) is 0 Å². The van der Waals surface area contributed by atoms with Gasteiger partial charge in [0.05, 0.1) is 10.4 Å². The van der Waals surface area contributed by atoms with Crippen molar-refractivity contribution in [3.05, 3.63) is 0 Å². The summed E-state index contributed by atoms with van der Waals surface area (Å²) in [5.41, 5.74) is 0. The molecule has 0 aliphatic rings. The van der Waals surface area contributed by atoms with Gasteiger partial charge in [-0.2, -0.15) is 0 Å². The van der Waals surface area contributed by atoms with Crippen molar-refractivity contribution in [2.45, 2.75) is 52.0 Å². The number of nitrogens with one attached hydrogen (secondary N) is 1. The largest absolute Gasteiger partial charge is 0.343 e. The van der Waals surface area contributed by atoms with Crippen LogP contribution in [0.3, 0.4) is 0 Å². The highest BCUT2D eigenvalue weighted by Crippen LogP contribution is 2.04. The molecule has 0 radical (unpaired) electrons. The minimum absolute atomic E-state index is 0.767. The van der Waals surface area contributed by atoms with Crippen LogP contribution in [0.2, 0.25) is 0 Å². The zero-order valence-corrected chi connectivity index (χ0v) is 9.61. The summed E-state index contributed by atoms with van der Waals surface area (Å²) in [6.07, 6.45) is 6.95. The Kier molecular flexibility index (Phi) is 7.41. The molecule has 2 heteroatoms. The van der Waals surface area contributed by atoms with Crippen molar-refractivity contribution in [2.24, 2.45) is 0 Å². The molecule has 0 aliphatic carbocycles. The van der Waals surface area contributed by atoms with E-state index in [2.05, 4.69) is 18.8 Å². The Morgan fingerprint density at radius 1 is 1.30 bits per heavy atom. The average molecular weight is 159 g/mol. The third kappa shape index (κ3) is 6.30. The van der Waals surface area contributed by atoms with Crippen molar-refractivity contribution in [3.63, 3.8) is 0 Å². The third-order valence-corrected chi connectivity index (χ3v) is 2.97. The van der Waals surface area contributed by atoms with Gasteiger partial charge >= 0.3 is 0 Å². The van der Waals surface area contributed by atoms with E-state index in [0.717, 1.165) is 16.4 Å². The molecular formula is C8H21NSi. The summed E-state index contributed by atoms with van der Waals surface area (Å²) in [6.45, 7) is 4.54. The Hall–Kier alpha value is 0.177. The van der Waals surface area contributed by atoms with Crippen LogP contribution in [0.15, 0.2) is 0 Å². The van der Waals surface area contributed by atoms with Gasteiger partial charge in [-0.25, -0.2) is 0 Å². The van der Waals surface area contributed by atoms with Crippen LogP contribution in [0.4, 0.5) is 0 Å². The standard InChI is InChI=1S/C8H21NSi/c1-3-4-5-6-7-8(2)9-10/h8-9H,3-7H2,1-2,10H3. The van der Waals surface area contributed by atoms with E-state index in [1.54, 1.807) is 0 Å². The molecular weight excluding hydrogens is 138 g/mol. The first-order valence-corrected chi connectivity index (χ1v) is 5.48. The zero-order valence-electron chi connectivity index (χ0n) is 7.61. The first kappa shape index (κ1) is 10.2. The maximum Gasteiger partial charge on any atom is 0.0752 e. The number of rotatable bonds is 6. The third-order valence-electron chi connectivity index (χ3n) is 1.98. The van der Waals surface area contributed by atoms with Gasteiger partial charge in [0.25, 0.3) is 0 Å². The fourth-order valence-electron chi connectivity index (χ4n) is 1.02. The van der Waals surface area contributed by atoms with Gasteiger partial charge in [0.15, 0.2) is 0 Å². The molecule has 0 saturated heterocycles. The van der Waals surface area contributed by atoms with E-state index in [1.807, 2.05) is 0 Å². The van der Waals surface area contributed by atoms with Crippen LogP contribution in [-0.2, 0) is 0 Å². The normalized spacial score (nSPS) is 13.8. The highest BCUT2D eigenvalue weighted by Gasteiger charge is 1.95. The summed E-state index contributed by atoms with van der Waals surface area (Å²) in [5, 5.41) is 0. The second-order valence-corrected chi connectivity index (χ2v) is 3.62. The Bertz CT molecular complexity index is 66.3. The summed E-state index contributed by atoms with van der Waals surface area (Å²) in [5.74, 6) is 0. The molecule has 0 saturated carbocycles. The molecule has 10 heavy (non-hydrogen) atoms. The SMILES string of the molecule is CCCCCCC(C)N[SiH3]. The smallest absolute Gasteiger partial charge is 0.0752 e. The first-order chi connectivity index (χ1) is 4.81. The fourth-order valence-corrected chi connectivity index (χ4v) is 1.31. The van der Waals surface area contributed by atoms with Crippen LogP contribution in [0.5, 0.6) is 0 Å². The molecule has 0 amide bonds. The fraction of sp³-hybridized carbons (Fsp3) is 1.00. The summed E-state index contributed by atoms with van der Waals surface area (Å²) in [7, 11) is 1.14. The summed E-state index contributed by atoms with van der Waals surface area (Å²) < 4.78 is 0. The van der Waals surface area contributed by atoms with Crippen LogP contribution >= 0.6 is 0 Å². The molecule has 0 bridgehead atoms. The molecule has 0 aromatic carbocycles. The van der Waals surface area contributed by atoms with Crippen LogP contribution in [0.1, 0.15) is 46.0 Å². The monoisotopic (exact) mass is 159 g/mol. The molecule has 0 spiro atoms. The number of unbranched alkanes of at least 4 members (excludes halogenated alkanes) is 3. The van der Waals surface area contributed by atoms with E-state index in [0.29, 0.717) is 0 Å². The van der Waals surface area contributed by atoms with Crippen molar-refractivity contribution >= 4 is 10.4 Å². The maximum absolute atomic E-state index is 3.38. The van der Waals surface area contributed by atoms with Crippen LogP contribution in [0, 0.1) is 0 Å². The highest BCUT2D eigenvalue weighted by atomic mass is 28.2. The second-order valence-electron chi connectivity index (χ2n) is 3.04. The van der Waals surface area contributed by atoms with Gasteiger partial charge in [0.2, 0.25) is 0 Å². The quantitative estimate of drug-likeness (QED) is 0.454. The van der Waals surface area contributed by atoms with Crippen molar-refractivity contribution in [1.82, 2.24) is 4.98 Å². The lowest BCUT2D eigenvalue weighted by Gasteiger charge is -2.08. The summed E-state index contributed by atoms with van der Waals surface area (Å²) in [4.78, 5) is 3.38. The molecule has 1 unspecified atom stereocenters. The minimum atomic E-state index is 0.767. The molecule has 0 heterocycles. The number of hydrogen-bond donors (Lipinski definition) is 1. The van der Waals surface area contributed by atoms with Gasteiger partial charge < -0.3 is 4.98 Å². The van der Waals surface area contributed by atoms with Gasteiger partial charge in [-0.1, -0.05) is 39.5 Å². The summed E-state index contributed by atoms with van der Waals surface area (Å²) >= 11 is 0.